The van der Waals surface area contributed by atoms with E-state index in [4.69, 9.17) is 11.6 Å². The summed E-state index contributed by atoms with van der Waals surface area (Å²) in [7, 11) is 0. The molecule has 0 radical (unpaired) electrons. The topological polar surface area (TPSA) is 55.0 Å². The molecule has 8 heteroatoms. The van der Waals surface area contributed by atoms with Gasteiger partial charge in [0.25, 0.3) is 0 Å². The van der Waals surface area contributed by atoms with Gasteiger partial charge in [-0.2, -0.15) is 0 Å². The third-order valence-electron chi connectivity index (χ3n) is 4.64. The predicted octanol–water partition coefficient (Wildman–Crippen LogP) is 6.12. The smallest absolute Gasteiger partial charge is 0.406 e. The van der Waals surface area contributed by atoms with E-state index in [0.717, 1.165) is 0 Å². The highest BCUT2D eigenvalue weighted by molar-refractivity contribution is 6.31. The van der Waals surface area contributed by atoms with Crippen LogP contribution in [0.25, 0.3) is 33.4 Å². The van der Waals surface area contributed by atoms with E-state index < -0.39 is 6.36 Å². The number of nitrogens with one attached hydrogen (secondary N) is 1. The van der Waals surface area contributed by atoms with Gasteiger partial charge in [-0.05, 0) is 61.5 Å². The molecule has 0 amide bonds. The van der Waals surface area contributed by atoms with Crippen LogP contribution < -0.4 is 10.2 Å². The lowest BCUT2D eigenvalue weighted by molar-refractivity contribution is -0.274. The van der Waals surface area contributed by atoms with E-state index in [0.29, 0.717) is 44.0 Å². The highest BCUT2D eigenvalue weighted by Gasteiger charge is 2.30. The molecular formula is C22H14ClF3N2O2. The maximum atomic E-state index is 12.7. The molecule has 0 unspecified atom stereocenters. The van der Waals surface area contributed by atoms with Crippen LogP contribution >= 0.6 is 11.6 Å². The van der Waals surface area contributed by atoms with Gasteiger partial charge >= 0.3 is 6.36 Å². The van der Waals surface area contributed by atoms with Gasteiger partial charge in [-0.1, -0.05) is 11.6 Å². The van der Waals surface area contributed by atoms with Gasteiger partial charge in [0.2, 0.25) is 0 Å². The average Bonchev–Trinajstić information content (AvgIpc) is 2.70. The number of halogens is 4. The molecule has 0 bridgehead atoms. The van der Waals surface area contributed by atoms with Crippen LogP contribution in [0, 0.1) is 6.92 Å². The highest BCUT2D eigenvalue weighted by Crippen LogP contribution is 2.28. The zero-order chi connectivity index (χ0) is 21.5. The zero-order valence-electron chi connectivity index (χ0n) is 15.5. The van der Waals surface area contributed by atoms with E-state index in [1.807, 2.05) is 0 Å². The Kier molecular flexibility index (Phi) is 4.99. The molecule has 4 rings (SSSR count). The maximum absolute atomic E-state index is 12.7. The summed E-state index contributed by atoms with van der Waals surface area (Å²) in [5, 5.41) is 1.06. The van der Waals surface area contributed by atoms with Crippen molar-refractivity contribution in [3.8, 4) is 28.3 Å². The summed E-state index contributed by atoms with van der Waals surface area (Å²) >= 11 is 6.04. The number of pyridine rings is 2. The summed E-state index contributed by atoms with van der Waals surface area (Å²) < 4.78 is 40.7. The van der Waals surface area contributed by atoms with Gasteiger partial charge < -0.3 is 9.72 Å². The number of hydrogen-bond donors (Lipinski definition) is 1. The second-order valence-electron chi connectivity index (χ2n) is 6.65. The average molecular weight is 431 g/mol. The van der Waals surface area contributed by atoms with Crippen molar-refractivity contribution in [2.75, 3.05) is 0 Å². The third kappa shape index (κ3) is 4.02. The molecule has 1 N–H and O–H groups in total. The Labute approximate surface area is 173 Å². The first kappa shape index (κ1) is 20.0. The van der Waals surface area contributed by atoms with Crippen molar-refractivity contribution in [1.29, 1.82) is 0 Å². The minimum atomic E-state index is -4.74. The molecule has 0 fully saturated rings. The fourth-order valence-electron chi connectivity index (χ4n) is 3.19. The SMILES string of the molecule is Cc1c(-c2ccc(-c3ccc(OC(F)(F)F)cc3)nc2)[nH]c2cc(Cl)ccc2c1=O. The quantitative estimate of drug-likeness (QED) is 0.426. The Balaban J connectivity index is 1.67. The number of ether oxygens (including phenoxy) is 1. The minimum Gasteiger partial charge on any atom is -0.406 e. The minimum absolute atomic E-state index is 0.0975. The Hall–Kier alpha value is -3.32. The van der Waals surface area contributed by atoms with E-state index in [2.05, 4.69) is 14.7 Å². The normalized spacial score (nSPS) is 11.6. The lowest BCUT2D eigenvalue weighted by atomic mass is 10.0. The van der Waals surface area contributed by atoms with E-state index in [1.165, 1.54) is 24.3 Å². The molecule has 0 atom stereocenters. The van der Waals surface area contributed by atoms with Gasteiger partial charge in [-0.25, -0.2) is 0 Å². The maximum Gasteiger partial charge on any atom is 0.573 e. The van der Waals surface area contributed by atoms with Crippen molar-refractivity contribution in [1.82, 2.24) is 9.97 Å². The largest absolute Gasteiger partial charge is 0.573 e. The molecule has 4 aromatic rings. The first-order valence-electron chi connectivity index (χ1n) is 8.86. The Morgan fingerprint density at radius 3 is 2.33 bits per heavy atom. The van der Waals surface area contributed by atoms with Gasteiger partial charge in [-0.15, -0.1) is 13.2 Å². The predicted molar refractivity (Wildman–Crippen MR) is 110 cm³/mol. The van der Waals surface area contributed by atoms with Crippen LogP contribution in [0.15, 0.2) is 65.6 Å². The van der Waals surface area contributed by atoms with Crippen molar-refractivity contribution in [3.63, 3.8) is 0 Å². The monoisotopic (exact) mass is 430 g/mol. The number of aromatic amines is 1. The molecule has 0 aliphatic carbocycles. The van der Waals surface area contributed by atoms with Crippen LogP contribution in [0.4, 0.5) is 13.2 Å². The summed E-state index contributed by atoms with van der Waals surface area (Å²) in [5.41, 5.74) is 3.60. The summed E-state index contributed by atoms with van der Waals surface area (Å²) in [6, 6.07) is 14.0. The van der Waals surface area contributed by atoms with Gasteiger partial charge in [-0.3, -0.25) is 9.78 Å². The van der Waals surface area contributed by atoms with Gasteiger partial charge in [0.15, 0.2) is 5.43 Å². The summed E-state index contributed by atoms with van der Waals surface area (Å²) in [4.78, 5) is 20.3. The van der Waals surface area contributed by atoms with E-state index in [1.54, 1.807) is 43.5 Å². The summed E-state index contributed by atoms with van der Waals surface area (Å²) in [5.74, 6) is -0.300. The zero-order valence-corrected chi connectivity index (χ0v) is 16.3. The van der Waals surface area contributed by atoms with Crippen molar-refractivity contribution in [2.24, 2.45) is 0 Å². The third-order valence-corrected chi connectivity index (χ3v) is 4.87. The van der Waals surface area contributed by atoms with Crippen LogP contribution in [-0.2, 0) is 0 Å². The first-order valence-corrected chi connectivity index (χ1v) is 9.24. The second kappa shape index (κ2) is 7.50. The molecule has 0 saturated heterocycles. The fraction of sp³-hybridized carbons (Fsp3) is 0.0909. The van der Waals surface area contributed by atoms with Gasteiger partial charge in [0.05, 0.1) is 16.9 Å². The number of alkyl halides is 3. The molecule has 0 aliphatic rings. The molecule has 0 spiro atoms. The van der Waals surface area contributed by atoms with Crippen LogP contribution in [0.1, 0.15) is 5.56 Å². The van der Waals surface area contributed by atoms with Crippen molar-refractivity contribution >= 4 is 22.5 Å². The molecule has 0 aliphatic heterocycles. The lowest BCUT2D eigenvalue weighted by Crippen LogP contribution is -2.16. The molecule has 152 valence electrons. The van der Waals surface area contributed by atoms with Crippen LogP contribution in [0.3, 0.4) is 0 Å². The van der Waals surface area contributed by atoms with Crippen LogP contribution in [0.2, 0.25) is 5.02 Å². The van der Waals surface area contributed by atoms with E-state index in [-0.39, 0.29) is 11.2 Å². The van der Waals surface area contributed by atoms with E-state index >= 15 is 0 Å². The molecule has 4 nitrogen and oxygen atoms in total. The lowest BCUT2D eigenvalue weighted by Gasteiger charge is -2.10. The molecule has 30 heavy (non-hydrogen) atoms. The van der Waals surface area contributed by atoms with E-state index in [9.17, 15) is 18.0 Å². The van der Waals surface area contributed by atoms with Gasteiger partial charge in [0, 0.05) is 33.3 Å². The number of aromatic nitrogens is 2. The molecule has 2 aromatic carbocycles. The first-order chi connectivity index (χ1) is 14.2. The number of fused-ring (bicyclic) bond motifs is 1. The number of nitrogens with zero attached hydrogens (tertiary/aromatic N) is 1. The van der Waals surface area contributed by atoms with Crippen molar-refractivity contribution in [2.45, 2.75) is 13.3 Å². The Bertz CT molecular complexity index is 1280. The number of hydrogen-bond acceptors (Lipinski definition) is 3. The number of benzene rings is 2. The standard InChI is InChI=1S/C22H14ClF3N2O2/c1-12-20(28-19-10-15(23)5-8-17(19)21(12)29)14-4-9-18(27-11-14)13-2-6-16(7-3-13)30-22(24,25)26/h2-11H,1H3,(H,28,29). The Morgan fingerprint density at radius 2 is 1.70 bits per heavy atom. The molecular weight excluding hydrogens is 417 g/mol. The summed E-state index contributed by atoms with van der Waals surface area (Å²) in [6.45, 7) is 1.73. The number of H-pyrrole nitrogens is 1. The Morgan fingerprint density at radius 1 is 1.00 bits per heavy atom. The van der Waals surface area contributed by atoms with Crippen molar-refractivity contribution in [3.05, 3.63) is 81.6 Å². The van der Waals surface area contributed by atoms with Crippen molar-refractivity contribution < 1.29 is 17.9 Å². The molecule has 2 heterocycles. The molecule has 2 aromatic heterocycles. The van der Waals surface area contributed by atoms with Crippen LogP contribution in [-0.4, -0.2) is 16.3 Å². The fourth-order valence-corrected chi connectivity index (χ4v) is 3.36. The summed E-state index contributed by atoms with van der Waals surface area (Å²) in [6.07, 6.45) is -3.13. The van der Waals surface area contributed by atoms with Crippen LogP contribution in [0.5, 0.6) is 5.75 Å². The highest BCUT2D eigenvalue weighted by atomic mass is 35.5. The molecule has 0 saturated carbocycles. The second-order valence-corrected chi connectivity index (χ2v) is 7.08. The van der Waals surface area contributed by atoms with Gasteiger partial charge in [0.1, 0.15) is 5.75 Å². The number of rotatable bonds is 3.